The Balaban J connectivity index is 1.61. The number of fused-ring (bicyclic) bond motifs is 2. The molecule has 0 bridgehead atoms. The van der Waals surface area contributed by atoms with Crippen molar-refractivity contribution in [2.45, 2.75) is 0 Å². The van der Waals surface area contributed by atoms with Crippen molar-refractivity contribution in [1.82, 2.24) is 15.0 Å². The van der Waals surface area contributed by atoms with Gasteiger partial charge >= 0.3 is 0 Å². The fraction of sp³-hybridized carbons (Fsp3) is 0.0625. The van der Waals surface area contributed by atoms with E-state index in [0.29, 0.717) is 22.5 Å². The molecule has 1 aliphatic heterocycles. The Labute approximate surface area is 125 Å². The topological polar surface area (TPSA) is 66.2 Å². The lowest BCUT2D eigenvalue weighted by atomic mass is 10.2. The van der Waals surface area contributed by atoms with Crippen LogP contribution in [0, 0.1) is 0 Å². The van der Waals surface area contributed by atoms with Crippen LogP contribution in [0.15, 0.2) is 48.5 Å². The molecule has 0 unspecified atom stereocenters. The van der Waals surface area contributed by atoms with Gasteiger partial charge in [0, 0.05) is 6.08 Å². The van der Waals surface area contributed by atoms with Crippen molar-refractivity contribution in [2.24, 2.45) is 0 Å². The second kappa shape index (κ2) is 5.00. The maximum Gasteiger partial charge on any atom is 0.272 e. The highest BCUT2D eigenvalue weighted by molar-refractivity contribution is 5.98. The first kappa shape index (κ1) is 12.6. The third-order valence-electron chi connectivity index (χ3n) is 3.38. The van der Waals surface area contributed by atoms with Crippen molar-refractivity contribution in [3.05, 3.63) is 54.1 Å². The van der Waals surface area contributed by atoms with E-state index in [2.05, 4.69) is 10.3 Å². The van der Waals surface area contributed by atoms with Crippen LogP contribution in [-0.2, 0) is 0 Å². The Hall–Kier alpha value is -3.15. The number of rotatable bonds is 2. The fourth-order valence-electron chi connectivity index (χ4n) is 2.29. The van der Waals surface area contributed by atoms with Gasteiger partial charge in [-0.1, -0.05) is 23.4 Å². The molecule has 0 aliphatic carbocycles. The average molecular weight is 293 g/mol. The molecule has 0 atom stereocenters. The van der Waals surface area contributed by atoms with Crippen molar-refractivity contribution < 1.29 is 14.3 Å². The predicted molar refractivity (Wildman–Crippen MR) is 79.8 cm³/mol. The number of nitrogens with zero attached hydrogens (tertiary/aromatic N) is 3. The molecule has 1 aromatic heterocycles. The Morgan fingerprint density at radius 2 is 2.00 bits per heavy atom. The molecule has 0 fully saturated rings. The molecule has 0 saturated heterocycles. The molecular weight excluding hydrogens is 282 g/mol. The van der Waals surface area contributed by atoms with E-state index in [1.807, 2.05) is 42.5 Å². The molecule has 0 N–H and O–H groups in total. The molecule has 108 valence electrons. The molecule has 0 radical (unpaired) electrons. The van der Waals surface area contributed by atoms with Crippen molar-refractivity contribution in [3.63, 3.8) is 0 Å². The predicted octanol–water partition coefficient (Wildman–Crippen LogP) is 2.51. The van der Waals surface area contributed by atoms with E-state index >= 15 is 0 Å². The standard InChI is InChI=1S/C16H11N3O3/c20-16(19-13-4-2-1-3-12(13)17-18-19)8-6-11-5-7-14-15(9-11)22-10-21-14/h1-9H,10H2/b8-6+. The molecule has 3 aromatic rings. The lowest BCUT2D eigenvalue weighted by Crippen LogP contribution is -2.08. The molecule has 1 aliphatic rings. The van der Waals surface area contributed by atoms with Gasteiger partial charge in [-0.2, -0.15) is 4.68 Å². The highest BCUT2D eigenvalue weighted by atomic mass is 16.7. The number of hydrogen-bond donors (Lipinski definition) is 0. The summed E-state index contributed by atoms with van der Waals surface area (Å²) >= 11 is 0. The van der Waals surface area contributed by atoms with Crippen molar-refractivity contribution in [2.75, 3.05) is 6.79 Å². The van der Waals surface area contributed by atoms with Gasteiger partial charge in [0.25, 0.3) is 5.91 Å². The van der Waals surface area contributed by atoms with Crippen molar-refractivity contribution in [3.8, 4) is 11.5 Å². The Morgan fingerprint density at radius 3 is 2.95 bits per heavy atom. The van der Waals surface area contributed by atoms with Crippen LogP contribution in [-0.4, -0.2) is 27.7 Å². The maximum absolute atomic E-state index is 12.2. The molecular formula is C16H11N3O3. The van der Waals surface area contributed by atoms with E-state index in [-0.39, 0.29) is 12.7 Å². The zero-order chi connectivity index (χ0) is 14.9. The minimum absolute atomic E-state index is 0.229. The molecule has 0 amide bonds. The SMILES string of the molecule is O=C(/C=C/c1ccc2c(c1)OCO2)n1nnc2ccccc21. The second-order valence-corrected chi connectivity index (χ2v) is 4.77. The summed E-state index contributed by atoms with van der Waals surface area (Å²) < 4.78 is 11.8. The normalized spacial score (nSPS) is 13.1. The maximum atomic E-state index is 12.2. The van der Waals surface area contributed by atoms with Gasteiger partial charge in [-0.3, -0.25) is 4.79 Å². The largest absolute Gasteiger partial charge is 0.454 e. The van der Waals surface area contributed by atoms with E-state index < -0.39 is 0 Å². The monoisotopic (exact) mass is 293 g/mol. The molecule has 6 nitrogen and oxygen atoms in total. The van der Waals surface area contributed by atoms with Crippen LogP contribution < -0.4 is 9.47 Å². The van der Waals surface area contributed by atoms with Gasteiger partial charge in [0.2, 0.25) is 6.79 Å². The Kier molecular flexibility index (Phi) is 2.86. The van der Waals surface area contributed by atoms with Crippen LogP contribution in [0.2, 0.25) is 0 Å². The van der Waals surface area contributed by atoms with Gasteiger partial charge in [-0.15, -0.1) is 5.10 Å². The van der Waals surface area contributed by atoms with E-state index in [1.165, 1.54) is 10.8 Å². The molecule has 22 heavy (non-hydrogen) atoms. The van der Waals surface area contributed by atoms with Gasteiger partial charge in [-0.25, -0.2) is 0 Å². The first-order valence-corrected chi connectivity index (χ1v) is 6.74. The summed E-state index contributed by atoms with van der Waals surface area (Å²) in [5.74, 6) is 1.14. The summed E-state index contributed by atoms with van der Waals surface area (Å²) in [4.78, 5) is 12.2. The summed E-state index contributed by atoms with van der Waals surface area (Å²) in [5, 5.41) is 7.85. The van der Waals surface area contributed by atoms with Gasteiger partial charge in [0.15, 0.2) is 11.5 Å². The minimum atomic E-state index is -0.258. The van der Waals surface area contributed by atoms with E-state index in [1.54, 1.807) is 6.08 Å². The first-order chi connectivity index (χ1) is 10.8. The number of benzene rings is 2. The third kappa shape index (κ3) is 2.10. The van der Waals surface area contributed by atoms with E-state index in [0.717, 1.165) is 5.56 Å². The van der Waals surface area contributed by atoms with Crippen LogP contribution >= 0.6 is 0 Å². The molecule has 6 heteroatoms. The second-order valence-electron chi connectivity index (χ2n) is 4.77. The number of para-hydroxylation sites is 1. The quantitative estimate of drug-likeness (QED) is 0.679. The van der Waals surface area contributed by atoms with Gasteiger partial charge < -0.3 is 9.47 Å². The zero-order valence-corrected chi connectivity index (χ0v) is 11.5. The van der Waals surface area contributed by atoms with Gasteiger partial charge in [0.05, 0.1) is 5.52 Å². The van der Waals surface area contributed by atoms with Gasteiger partial charge in [0.1, 0.15) is 5.52 Å². The fourth-order valence-corrected chi connectivity index (χ4v) is 2.29. The van der Waals surface area contributed by atoms with Crippen LogP contribution in [0.5, 0.6) is 11.5 Å². The number of carbonyl (C=O) groups is 1. The smallest absolute Gasteiger partial charge is 0.272 e. The van der Waals surface area contributed by atoms with Crippen LogP contribution in [0.25, 0.3) is 17.1 Å². The summed E-state index contributed by atoms with van der Waals surface area (Å²) in [5.41, 5.74) is 2.22. The van der Waals surface area contributed by atoms with Crippen LogP contribution in [0.3, 0.4) is 0 Å². The lowest BCUT2D eigenvalue weighted by Gasteiger charge is -1.98. The lowest BCUT2D eigenvalue weighted by molar-refractivity contribution is 0.0958. The summed E-state index contributed by atoms with van der Waals surface area (Å²) in [7, 11) is 0. The third-order valence-corrected chi connectivity index (χ3v) is 3.38. The van der Waals surface area contributed by atoms with Crippen LogP contribution in [0.1, 0.15) is 10.4 Å². The number of allylic oxidation sites excluding steroid dienone is 1. The summed E-state index contributed by atoms with van der Waals surface area (Å²) in [6.45, 7) is 0.229. The van der Waals surface area contributed by atoms with Crippen molar-refractivity contribution >= 4 is 23.0 Å². The number of ether oxygens (including phenoxy) is 2. The highest BCUT2D eigenvalue weighted by Crippen LogP contribution is 2.32. The molecule has 0 spiro atoms. The van der Waals surface area contributed by atoms with Gasteiger partial charge in [-0.05, 0) is 35.9 Å². The Morgan fingerprint density at radius 1 is 1.14 bits per heavy atom. The van der Waals surface area contributed by atoms with E-state index in [9.17, 15) is 4.79 Å². The number of hydrogen-bond acceptors (Lipinski definition) is 5. The molecule has 0 saturated carbocycles. The zero-order valence-electron chi connectivity index (χ0n) is 11.5. The number of aromatic nitrogens is 3. The van der Waals surface area contributed by atoms with E-state index in [4.69, 9.17) is 9.47 Å². The first-order valence-electron chi connectivity index (χ1n) is 6.74. The molecule has 2 heterocycles. The average Bonchev–Trinajstić information content (AvgIpc) is 3.18. The van der Waals surface area contributed by atoms with Crippen molar-refractivity contribution in [1.29, 1.82) is 0 Å². The summed E-state index contributed by atoms with van der Waals surface area (Å²) in [6, 6.07) is 12.8. The summed E-state index contributed by atoms with van der Waals surface area (Å²) in [6.07, 6.45) is 3.17. The Bertz CT molecular complexity index is 899. The highest BCUT2D eigenvalue weighted by Gasteiger charge is 2.13. The number of carbonyl (C=O) groups excluding carboxylic acids is 1. The van der Waals surface area contributed by atoms with Crippen LogP contribution in [0.4, 0.5) is 0 Å². The molecule has 2 aromatic carbocycles. The molecule has 4 rings (SSSR count). The minimum Gasteiger partial charge on any atom is -0.454 e.